The number of nitrogens with zero attached hydrogens (tertiary/aromatic N) is 3. The molecule has 0 fully saturated rings. The predicted molar refractivity (Wildman–Crippen MR) is 156 cm³/mol. The third-order valence-electron chi connectivity index (χ3n) is 6.82. The van der Waals surface area contributed by atoms with Gasteiger partial charge >= 0.3 is 0 Å². The van der Waals surface area contributed by atoms with Crippen molar-refractivity contribution in [2.45, 2.75) is 72.0 Å². The molecule has 2 heterocycles. The van der Waals surface area contributed by atoms with Crippen LogP contribution in [0.3, 0.4) is 0 Å². The predicted octanol–water partition coefficient (Wildman–Crippen LogP) is 7.14. The third-order valence-corrected chi connectivity index (χ3v) is 7.74. The summed E-state index contributed by atoms with van der Waals surface area (Å²) in [5, 5.41) is 12.0. The van der Waals surface area contributed by atoms with Crippen molar-refractivity contribution >= 4 is 29.3 Å². The molecule has 7 nitrogen and oxygen atoms in total. The monoisotopic (exact) mass is 533 g/mol. The Balaban J connectivity index is 1.67. The van der Waals surface area contributed by atoms with Gasteiger partial charge in [-0.15, -0.1) is 5.10 Å². The number of nitrogens with one attached hydrogen (secondary N) is 2. The average molecular weight is 534 g/mol. The molecule has 1 aromatic heterocycles. The molecule has 2 N–H and O–H groups in total. The first-order chi connectivity index (χ1) is 18.3. The van der Waals surface area contributed by atoms with Gasteiger partial charge in [0, 0.05) is 17.1 Å². The van der Waals surface area contributed by atoms with Gasteiger partial charge in [-0.05, 0) is 74.4 Å². The van der Waals surface area contributed by atoms with E-state index in [2.05, 4.69) is 31.4 Å². The van der Waals surface area contributed by atoms with Crippen LogP contribution in [0, 0.1) is 19.8 Å². The molecule has 0 aliphatic carbocycles. The number of amides is 1. The summed E-state index contributed by atoms with van der Waals surface area (Å²) in [6, 6.07) is 13.5. The van der Waals surface area contributed by atoms with Crippen molar-refractivity contribution in [1.29, 1.82) is 0 Å². The van der Waals surface area contributed by atoms with Crippen LogP contribution in [-0.4, -0.2) is 33.0 Å². The second kappa shape index (κ2) is 12.5. The fourth-order valence-electron chi connectivity index (χ4n) is 4.34. The minimum absolute atomic E-state index is 0.160. The van der Waals surface area contributed by atoms with Crippen molar-refractivity contribution in [2.75, 3.05) is 23.0 Å². The van der Waals surface area contributed by atoms with Gasteiger partial charge in [-0.2, -0.15) is 4.98 Å². The van der Waals surface area contributed by atoms with E-state index in [0.717, 1.165) is 58.8 Å². The number of carbonyl (C=O) groups excluding carboxylic acids is 1. The van der Waals surface area contributed by atoms with Crippen LogP contribution in [-0.2, 0) is 4.79 Å². The van der Waals surface area contributed by atoms with E-state index in [0.29, 0.717) is 29.2 Å². The molecule has 1 amide bonds. The number of rotatable bonds is 11. The molecule has 0 saturated carbocycles. The summed E-state index contributed by atoms with van der Waals surface area (Å²) in [6.07, 6.45) is 3.22. The fourth-order valence-corrected chi connectivity index (χ4v) is 5.25. The van der Waals surface area contributed by atoms with E-state index in [4.69, 9.17) is 14.8 Å². The van der Waals surface area contributed by atoms with E-state index in [1.807, 2.05) is 67.9 Å². The number of carbonyl (C=O) groups is 1. The number of anilines is 2. The normalized spacial score (nSPS) is 14.9. The van der Waals surface area contributed by atoms with Gasteiger partial charge in [0.1, 0.15) is 11.8 Å². The summed E-state index contributed by atoms with van der Waals surface area (Å²) in [4.78, 5) is 18.6. The van der Waals surface area contributed by atoms with Crippen LogP contribution in [0.25, 0.3) is 0 Å². The highest BCUT2D eigenvalue weighted by atomic mass is 32.2. The van der Waals surface area contributed by atoms with E-state index in [1.54, 1.807) is 11.8 Å². The Morgan fingerprint density at radius 3 is 2.63 bits per heavy atom. The lowest BCUT2D eigenvalue weighted by Crippen LogP contribution is -2.31. The molecule has 8 heteroatoms. The number of thioether (sulfide) groups is 1. The Bertz CT molecular complexity index is 1300. The van der Waals surface area contributed by atoms with E-state index in [1.165, 1.54) is 0 Å². The lowest BCUT2D eigenvalue weighted by atomic mass is 9.94. The van der Waals surface area contributed by atoms with Crippen molar-refractivity contribution in [3.63, 3.8) is 0 Å². The molecule has 3 aromatic rings. The molecule has 1 aliphatic rings. The van der Waals surface area contributed by atoms with E-state index >= 15 is 0 Å². The second-order valence-corrected chi connectivity index (χ2v) is 11.3. The quantitative estimate of drug-likeness (QED) is 0.201. The van der Waals surface area contributed by atoms with Crippen molar-refractivity contribution in [2.24, 2.45) is 5.92 Å². The Hall–Kier alpha value is -3.26. The average Bonchev–Trinajstić information content (AvgIpc) is 3.28. The lowest BCUT2D eigenvalue weighted by molar-refractivity contribution is -0.113. The summed E-state index contributed by atoms with van der Waals surface area (Å²) in [7, 11) is 0. The zero-order valence-corrected chi connectivity index (χ0v) is 24.1. The number of benzene rings is 2. The number of aryl methyl sites for hydroxylation is 1. The van der Waals surface area contributed by atoms with Crippen LogP contribution < -0.4 is 15.4 Å². The van der Waals surface area contributed by atoms with E-state index < -0.39 is 6.04 Å². The zero-order chi connectivity index (χ0) is 27.2. The molecule has 4 rings (SSSR count). The van der Waals surface area contributed by atoms with Gasteiger partial charge in [0.15, 0.2) is 0 Å². The minimum Gasteiger partial charge on any atom is -0.494 e. The first kappa shape index (κ1) is 27.8. The Kier molecular flexibility index (Phi) is 9.15. The van der Waals surface area contributed by atoms with Gasteiger partial charge in [-0.25, -0.2) is 4.68 Å². The smallest absolute Gasteiger partial charge is 0.255 e. The number of fused-ring (bicyclic) bond motifs is 1. The van der Waals surface area contributed by atoms with Gasteiger partial charge < -0.3 is 15.4 Å². The maximum absolute atomic E-state index is 13.8. The molecule has 1 aliphatic heterocycles. The van der Waals surface area contributed by atoms with Gasteiger partial charge in [0.05, 0.1) is 12.2 Å². The molecule has 0 radical (unpaired) electrons. The van der Waals surface area contributed by atoms with Crippen LogP contribution >= 0.6 is 11.8 Å². The molecule has 0 bridgehead atoms. The van der Waals surface area contributed by atoms with Crippen molar-refractivity contribution in [3.05, 3.63) is 70.4 Å². The highest BCUT2D eigenvalue weighted by molar-refractivity contribution is 7.99. The largest absolute Gasteiger partial charge is 0.494 e. The number of unbranched alkanes of at least 4 members (excludes halogenated alkanes) is 1. The standard InChI is InChI=1S/C30H39N5O2S/c1-7-8-18-38-30-33-29-31-22(6)26(28(36)32-25-11-9-10-20(4)21(25)5)27(35(29)34-30)23-12-14-24(15-13-23)37-17-16-19(2)3/h9-15,19,27H,7-8,16-18H2,1-6H3,(H,32,36)(H,31,33,34). The fraction of sp³-hybridized carbons (Fsp3) is 0.433. The third kappa shape index (κ3) is 6.41. The van der Waals surface area contributed by atoms with Crippen LogP contribution in [0.1, 0.15) is 69.7 Å². The summed E-state index contributed by atoms with van der Waals surface area (Å²) in [6.45, 7) is 13.2. The van der Waals surface area contributed by atoms with E-state index in [-0.39, 0.29) is 5.91 Å². The van der Waals surface area contributed by atoms with Gasteiger partial charge in [0.2, 0.25) is 11.1 Å². The number of aromatic nitrogens is 3. The highest BCUT2D eigenvalue weighted by Crippen LogP contribution is 2.37. The molecule has 1 unspecified atom stereocenters. The molecule has 0 spiro atoms. The number of ether oxygens (including phenoxy) is 1. The molecule has 2 aromatic carbocycles. The van der Waals surface area contributed by atoms with Crippen LogP contribution in [0.15, 0.2) is 58.9 Å². The topological polar surface area (TPSA) is 81.1 Å². The molecule has 38 heavy (non-hydrogen) atoms. The summed E-state index contributed by atoms with van der Waals surface area (Å²) >= 11 is 1.64. The van der Waals surface area contributed by atoms with Crippen molar-refractivity contribution < 1.29 is 9.53 Å². The summed E-state index contributed by atoms with van der Waals surface area (Å²) in [5.41, 5.74) is 5.32. The minimum atomic E-state index is -0.422. The first-order valence-corrected chi connectivity index (χ1v) is 14.4. The first-order valence-electron chi connectivity index (χ1n) is 13.5. The van der Waals surface area contributed by atoms with Gasteiger partial charge in [0.25, 0.3) is 5.91 Å². The zero-order valence-electron chi connectivity index (χ0n) is 23.3. The lowest BCUT2D eigenvalue weighted by Gasteiger charge is -2.29. The Labute approximate surface area is 230 Å². The van der Waals surface area contributed by atoms with E-state index in [9.17, 15) is 4.79 Å². The molecule has 0 saturated heterocycles. The SMILES string of the molecule is CCCCSc1nc2n(n1)C(c1ccc(OCCC(C)C)cc1)C(C(=O)Nc1cccc(C)c1C)=C(C)N2. The Morgan fingerprint density at radius 1 is 1.16 bits per heavy atom. The maximum atomic E-state index is 13.8. The number of hydrogen-bond acceptors (Lipinski definition) is 6. The molecular formula is C30H39N5O2S. The van der Waals surface area contributed by atoms with Gasteiger partial charge in [-0.3, -0.25) is 4.79 Å². The van der Waals surface area contributed by atoms with Crippen LogP contribution in [0.4, 0.5) is 11.6 Å². The Morgan fingerprint density at radius 2 is 1.92 bits per heavy atom. The van der Waals surface area contributed by atoms with Crippen molar-refractivity contribution in [3.8, 4) is 5.75 Å². The summed E-state index contributed by atoms with van der Waals surface area (Å²) in [5.74, 6) is 2.85. The van der Waals surface area contributed by atoms with Crippen LogP contribution in [0.5, 0.6) is 5.75 Å². The van der Waals surface area contributed by atoms with Gasteiger partial charge in [-0.1, -0.05) is 63.2 Å². The second-order valence-electron chi connectivity index (χ2n) is 10.2. The maximum Gasteiger partial charge on any atom is 0.255 e. The van der Waals surface area contributed by atoms with Crippen molar-refractivity contribution in [1.82, 2.24) is 14.8 Å². The molecule has 1 atom stereocenters. The summed E-state index contributed by atoms with van der Waals surface area (Å²) < 4.78 is 7.79. The van der Waals surface area contributed by atoms with Crippen LogP contribution in [0.2, 0.25) is 0 Å². The number of hydrogen-bond donors (Lipinski definition) is 2. The molecular weight excluding hydrogens is 494 g/mol. The molecule has 202 valence electrons. The highest BCUT2D eigenvalue weighted by Gasteiger charge is 2.34. The number of allylic oxidation sites excluding steroid dienone is 1.